The number of aryl methyl sites for hydroxylation is 1. The van der Waals surface area contributed by atoms with E-state index in [2.05, 4.69) is 26.9 Å². The molecule has 1 N–H and O–H groups in total. The number of hydrogen-bond acceptors (Lipinski definition) is 10. The van der Waals surface area contributed by atoms with Crippen molar-refractivity contribution in [2.75, 3.05) is 11.5 Å². The van der Waals surface area contributed by atoms with Crippen molar-refractivity contribution in [3.63, 3.8) is 0 Å². The molecule has 1 aromatic heterocycles. The van der Waals surface area contributed by atoms with Gasteiger partial charge in [-0.2, -0.15) is 5.26 Å². The third kappa shape index (κ3) is 4.19. The molecule has 1 saturated heterocycles. The number of carboxylic acids is 1. The van der Waals surface area contributed by atoms with Gasteiger partial charge in [-0.05, 0) is 22.4 Å². The Morgan fingerprint density at radius 2 is 2.31 bits per heavy atom. The van der Waals surface area contributed by atoms with Gasteiger partial charge in [0, 0.05) is 24.5 Å². The Kier molecular flexibility index (Phi) is 6.91. The Bertz CT molecular complexity index is 946. The van der Waals surface area contributed by atoms with Gasteiger partial charge in [-0.15, -0.1) is 16.9 Å². The van der Waals surface area contributed by atoms with Gasteiger partial charge in [-0.1, -0.05) is 24.0 Å². The molecule has 0 aromatic carbocycles. The van der Waals surface area contributed by atoms with Gasteiger partial charge in [-0.25, -0.2) is 4.68 Å². The number of β-lactam (4-membered cyclic amide) rings is 1. The van der Waals surface area contributed by atoms with Crippen molar-refractivity contribution < 1.29 is 44.3 Å². The van der Waals surface area contributed by atoms with E-state index in [0.717, 1.165) is 0 Å². The number of hydrogen-bond donors (Lipinski definition) is 1. The Balaban J connectivity index is 0.00000240. The Labute approximate surface area is 202 Å². The van der Waals surface area contributed by atoms with Crippen LogP contribution in [0.1, 0.15) is 6.42 Å². The molecule has 3 aliphatic rings. The van der Waals surface area contributed by atoms with Crippen LogP contribution in [-0.4, -0.2) is 64.9 Å². The maximum Gasteiger partial charge on any atom is 1.00 e. The van der Waals surface area contributed by atoms with Crippen molar-refractivity contribution in [3.8, 4) is 6.07 Å². The molecular formula is C15H14N7NaO3S3. The first-order chi connectivity index (χ1) is 13.4. The molecule has 10 nitrogen and oxygen atoms in total. The zero-order valence-corrected chi connectivity index (χ0v) is 20.0. The maximum atomic E-state index is 12.6. The van der Waals surface area contributed by atoms with Gasteiger partial charge in [0.2, 0.25) is 5.16 Å². The summed E-state index contributed by atoms with van der Waals surface area (Å²) in [6.07, 6.45) is 0.702. The van der Waals surface area contributed by atoms with E-state index in [-0.39, 0.29) is 58.4 Å². The summed E-state index contributed by atoms with van der Waals surface area (Å²) in [5.41, 5.74) is 0.511. The normalized spacial score (nSPS) is 27.3. The number of nitrogens with zero attached hydrogens (tertiary/aromatic N) is 6. The number of nitrogens with one attached hydrogen (secondary N) is 1. The van der Waals surface area contributed by atoms with Crippen LogP contribution in [0.5, 0.6) is 0 Å². The van der Waals surface area contributed by atoms with Crippen molar-refractivity contribution in [1.29, 1.82) is 5.26 Å². The van der Waals surface area contributed by atoms with Crippen molar-refractivity contribution in [2.24, 2.45) is 18.9 Å². The second-order valence-corrected chi connectivity index (χ2v) is 9.07. The fraction of sp³-hybridized carbons (Fsp3) is 0.533. The number of nitriles is 1. The Hall–Kier alpha value is -1.17. The van der Waals surface area contributed by atoms with Crippen molar-refractivity contribution in [3.05, 3.63) is 11.3 Å². The molecule has 146 valence electrons. The van der Waals surface area contributed by atoms with Gasteiger partial charge < -0.3 is 15.2 Å². The van der Waals surface area contributed by atoms with Gasteiger partial charge in [-0.3, -0.25) is 9.69 Å². The summed E-state index contributed by atoms with van der Waals surface area (Å²) < 4.78 is 1.49. The van der Waals surface area contributed by atoms with Crippen LogP contribution in [0.25, 0.3) is 0 Å². The van der Waals surface area contributed by atoms with E-state index in [9.17, 15) is 14.7 Å². The number of rotatable bonds is 6. The molecule has 2 aliphatic heterocycles. The fourth-order valence-corrected chi connectivity index (χ4v) is 5.89. The topological polar surface area (TPSA) is 140 Å². The number of fused-ring (bicyclic) bond motifs is 1. The number of aliphatic carboxylic acids is 1. The number of thiocarbonyl (C=S) groups is 1. The second-order valence-electron chi connectivity index (χ2n) is 6.59. The number of thioether (sulfide) groups is 2. The van der Waals surface area contributed by atoms with E-state index in [1.54, 1.807) is 7.05 Å². The molecule has 0 radical (unpaired) electrons. The zero-order chi connectivity index (χ0) is 20.0. The molecule has 2 fully saturated rings. The van der Waals surface area contributed by atoms with Crippen molar-refractivity contribution in [1.82, 2.24) is 30.4 Å². The van der Waals surface area contributed by atoms with Crippen molar-refractivity contribution in [2.45, 2.75) is 23.0 Å². The summed E-state index contributed by atoms with van der Waals surface area (Å²) in [4.78, 5) is 26.1. The fourth-order valence-electron chi connectivity index (χ4n) is 3.17. The smallest absolute Gasteiger partial charge is 0.543 e. The summed E-state index contributed by atoms with van der Waals surface area (Å²) in [7, 11) is 1.69. The van der Waals surface area contributed by atoms with Crippen LogP contribution in [0.4, 0.5) is 0 Å². The first-order valence-corrected chi connectivity index (χ1v) is 10.8. The monoisotopic (exact) mass is 459 g/mol. The molecule has 1 aromatic rings. The van der Waals surface area contributed by atoms with E-state index in [1.165, 1.54) is 33.1 Å². The van der Waals surface area contributed by atoms with Gasteiger partial charge in [0.25, 0.3) is 5.91 Å². The van der Waals surface area contributed by atoms with E-state index >= 15 is 0 Å². The molecule has 4 rings (SSSR count). The standard InChI is InChI=1S/C15H15N7O3S3.Na/c1-21-15(18-19-20-21)28-5-7-4-27-13-9(12(23)22(13)10(7)14(24)25)17-11(26)8-2-6(8)3-16;/h6,8-9,13H,2,4-5H2,1H3,(H,17,26)(H,24,25);/q;+1/p-1/t6-,8-,9?,13-;/m0./s1. The van der Waals surface area contributed by atoms with E-state index in [0.29, 0.717) is 33.6 Å². The first kappa shape index (κ1) is 22.5. The van der Waals surface area contributed by atoms with Crippen LogP contribution in [0.2, 0.25) is 0 Å². The van der Waals surface area contributed by atoms with Crippen LogP contribution >= 0.6 is 35.7 Å². The third-order valence-electron chi connectivity index (χ3n) is 4.79. The molecule has 3 heterocycles. The number of amides is 1. The maximum absolute atomic E-state index is 12.6. The number of carbonyl (C=O) groups is 2. The minimum Gasteiger partial charge on any atom is -0.543 e. The molecule has 4 atom stereocenters. The van der Waals surface area contributed by atoms with Crippen LogP contribution < -0.4 is 40.0 Å². The first-order valence-electron chi connectivity index (χ1n) is 8.35. The predicted molar refractivity (Wildman–Crippen MR) is 101 cm³/mol. The second kappa shape index (κ2) is 8.91. The van der Waals surface area contributed by atoms with Crippen LogP contribution in [0.15, 0.2) is 16.4 Å². The van der Waals surface area contributed by atoms with Crippen molar-refractivity contribution >= 4 is 52.6 Å². The summed E-state index contributed by atoms with van der Waals surface area (Å²) >= 11 is 8.07. The van der Waals surface area contributed by atoms with Gasteiger partial charge in [0.05, 0.1) is 28.6 Å². The largest absolute Gasteiger partial charge is 1.00 e. The van der Waals surface area contributed by atoms with E-state index in [1.807, 2.05) is 0 Å². The zero-order valence-electron chi connectivity index (χ0n) is 15.6. The minimum absolute atomic E-state index is 0. The summed E-state index contributed by atoms with van der Waals surface area (Å²) in [6, 6.07) is 1.58. The quantitative estimate of drug-likeness (QED) is 0.191. The summed E-state index contributed by atoms with van der Waals surface area (Å²) in [5, 5.41) is 35.0. The van der Waals surface area contributed by atoms with Gasteiger partial charge >= 0.3 is 29.6 Å². The van der Waals surface area contributed by atoms with E-state index < -0.39 is 12.0 Å². The molecular weight excluding hydrogens is 445 g/mol. The SMILES string of the molecule is Cn1nnnc1SCC1=C(C(=O)[O-])N2C(=O)C(NC(=S)[C@H]3C[C@H]3C#N)[C@@H]2SC1.[Na+]. The summed E-state index contributed by atoms with van der Waals surface area (Å²) in [5.74, 6) is -1.05. The van der Waals surface area contributed by atoms with Gasteiger partial charge in [0.15, 0.2) is 0 Å². The number of aromatic nitrogens is 4. The summed E-state index contributed by atoms with van der Waals surface area (Å²) in [6.45, 7) is 0. The predicted octanol–water partition coefficient (Wildman–Crippen LogP) is -4.33. The molecule has 1 amide bonds. The number of carbonyl (C=O) groups excluding carboxylic acids is 2. The molecule has 1 saturated carbocycles. The Morgan fingerprint density at radius 3 is 2.90 bits per heavy atom. The van der Waals surface area contributed by atoms with Crippen LogP contribution in [0, 0.1) is 23.2 Å². The molecule has 1 unspecified atom stereocenters. The molecule has 0 bridgehead atoms. The number of carboxylic acid groups (broad SMARTS) is 1. The molecule has 1 aliphatic carbocycles. The average Bonchev–Trinajstić information content (AvgIpc) is 3.37. The average molecular weight is 460 g/mol. The third-order valence-corrected chi connectivity index (χ3v) is 7.65. The van der Waals surface area contributed by atoms with E-state index in [4.69, 9.17) is 17.5 Å². The van der Waals surface area contributed by atoms with Crippen LogP contribution in [0.3, 0.4) is 0 Å². The Morgan fingerprint density at radius 1 is 1.55 bits per heavy atom. The molecule has 29 heavy (non-hydrogen) atoms. The van der Waals surface area contributed by atoms with Gasteiger partial charge in [0.1, 0.15) is 11.4 Å². The molecule has 0 spiro atoms. The molecule has 14 heteroatoms. The minimum atomic E-state index is -1.38. The number of tetrazole rings is 1. The van der Waals surface area contributed by atoms with Crippen LogP contribution in [-0.2, 0) is 16.6 Å².